The minimum absolute atomic E-state index is 0.468. The van der Waals surface area contributed by atoms with Crippen LogP contribution in [-0.4, -0.2) is 17.5 Å². The number of thioether (sulfide) groups is 1. The zero-order valence-electron chi connectivity index (χ0n) is 6.13. The van der Waals surface area contributed by atoms with Crippen molar-refractivity contribution < 1.29 is 0 Å². The normalized spacial score (nSPS) is 36.0. The Kier molecular flexibility index (Phi) is 2.42. The smallest absolute Gasteiger partial charge is 0.0169 e. The molecule has 0 amide bonds. The van der Waals surface area contributed by atoms with Crippen molar-refractivity contribution in [3.63, 3.8) is 0 Å². The third-order valence-corrected chi connectivity index (χ3v) is 3.27. The van der Waals surface area contributed by atoms with Crippen molar-refractivity contribution in [3.05, 3.63) is 0 Å². The van der Waals surface area contributed by atoms with Gasteiger partial charge in [0.2, 0.25) is 0 Å². The molecule has 0 bridgehead atoms. The number of hydrogen-bond acceptors (Lipinski definition) is 2. The summed E-state index contributed by atoms with van der Waals surface area (Å²) in [6.45, 7) is 4.52. The summed E-state index contributed by atoms with van der Waals surface area (Å²) in [5, 5.41) is 0. The van der Waals surface area contributed by atoms with Gasteiger partial charge < -0.3 is 5.73 Å². The summed E-state index contributed by atoms with van der Waals surface area (Å²) in [7, 11) is 0. The molecule has 2 unspecified atom stereocenters. The van der Waals surface area contributed by atoms with Crippen LogP contribution in [0.3, 0.4) is 0 Å². The van der Waals surface area contributed by atoms with Crippen LogP contribution in [-0.2, 0) is 0 Å². The molecule has 54 valence electrons. The van der Waals surface area contributed by atoms with Gasteiger partial charge in [0, 0.05) is 11.8 Å². The Labute approximate surface area is 61.4 Å². The van der Waals surface area contributed by atoms with Crippen molar-refractivity contribution in [1.82, 2.24) is 0 Å². The van der Waals surface area contributed by atoms with Gasteiger partial charge in [0.1, 0.15) is 0 Å². The zero-order valence-corrected chi connectivity index (χ0v) is 6.95. The van der Waals surface area contributed by atoms with Crippen LogP contribution in [0.2, 0.25) is 0 Å². The van der Waals surface area contributed by atoms with E-state index in [0.717, 1.165) is 11.8 Å². The van der Waals surface area contributed by atoms with Crippen molar-refractivity contribution in [2.24, 2.45) is 17.6 Å². The molecule has 1 rings (SSSR count). The summed E-state index contributed by atoms with van der Waals surface area (Å²) < 4.78 is 0. The fraction of sp³-hybridized carbons (Fsp3) is 1.00. The molecule has 1 fully saturated rings. The first-order valence-corrected chi connectivity index (χ1v) is 4.70. The SMILES string of the molecule is CC(C)C1CSCC1N. The van der Waals surface area contributed by atoms with E-state index in [2.05, 4.69) is 13.8 Å². The van der Waals surface area contributed by atoms with Crippen molar-refractivity contribution in [2.45, 2.75) is 19.9 Å². The molecule has 2 heteroatoms. The highest BCUT2D eigenvalue weighted by atomic mass is 32.2. The molecule has 0 aromatic heterocycles. The quantitative estimate of drug-likeness (QED) is 0.602. The van der Waals surface area contributed by atoms with E-state index in [4.69, 9.17) is 5.73 Å². The fourth-order valence-electron chi connectivity index (χ4n) is 1.27. The van der Waals surface area contributed by atoms with Gasteiger partial charge in [0.25, 0.3) is 0 Å². The largest absolute Gasteiger partial charge is 0.327 e. The van der Waals surface area contributed by atoms with Gasteiger partial charge in [-0.3, -0.25) is 0 Å². The number of nitrogens with two attached hydrogens (primary N) is 1. The Hall–Kier alpha value is 0.310. The third kappa shape index (κ3) is 1.62. The van der Waals surface area contributed by atoms with Crippen LogP contribution in [0.1, 0.15) is 13.8 Å². The van der Waals surface area contributed by atoms with E-state index < -0.39 is 0 Å². The van der Waals surface area contributed by atoms with Crippen LogP contribution in [0.15, 0.2) is 0 Å². The van der Waals surface area contributed by atoms with E-state index >= 15 is 0 Å². The van der Waals surface area contributed by atoms with E-state index in [1.807, 2.05) is 11.8 Å². The molecule has 0 aromatic carbocycles. The molecule has 1 aliphatic rings. The minimum atomic E-state index is 0.468. The van der Waals surface area contributed by atoms with Crippen molar-refractivity contribution in [3.8, 4) is 0 Å². The number of rotatable bonds is 1. The lowest BCUT2D eigenvalue weighted by molar-refractivity contribution is 0.386. The summed E-state index contributed by atoms with van der Waals surface area (Å²) in [5.74, 6) is 3.99. The maximum atomic E-state index is 5.86. The van der Waals surface area contributed by atoms with Gasteiger partial charge in [-0.15, -0.1) is 0 Å². The minimum Gasteiger partial charge on any atom is -0.327 e. The van der Waals surface area contributed by atoms with Crippen LogP contribution in [0, 0.1) is 11.8 Å². The first-order valence-electron chi connectivity index (χ1n) is 3.55. The maximum absolute atomic E-state index is 5.86. The molecular weight excluding hydrogens is 130 g/mol. The summed E-state index contributed by atoms with van der Waals surface area (Å²) in [4.78, 5) is 0. The monoisotopic (exact) mass is 145 g/mol. The van der Waals surface area contributed by atoms with Gasteiger partial charge >= 0.3 is 0 Å². The van der Waals surface area contributed by atoms with Crippen molar-refractivity contribution in [1.29, 1.82) is 0 Å². The average molecular weight is 145 g/mol. The highest BCUT2D eigenvalue weighted by molar-refractivity contribution is 7.99. The van der Waals surface area contributed by atoms with Gasteiger partial charge in [0.05, 0.1) is 0 Å². The summed E-state index contributed by atoms with van der Waals surface area (Å²) in [6.07, 6.45) is 0. The molecule has 0 spiro atoms. The lowest BCUT2D eigenvalue weighted by atomic mass is 9.92. The lowest BCUT2D eigenvalue weighted by Gasteiger charge is -2.17. The summed E-state index contributed by atoms with van der Waals surface area (Å²) in [6, 6.07) is 0.468. The van der Waals surface area contributed by atoms with Gasteiger partial charge in [-0.25, -0.2) is 0 Å². The van der Waals surface area contributed by atoms with Crippen LogP contribution < -0.4 is 5.73 Å². The molecule has 2 N–H and O–H groups in total. The second kappa shape index (κ2) is 2.93. The topological polar surface area (TPSA) is 26.0 Å². The molecule has 0 aromatic rings. The Balaban J connectivity index is 2.40. The molecular formula is C7H15NS. The average Bonchev–Trinajstić information content (AvgIpc) is 2.13. The first-order chi connectivity index (χ1) is 4.22. The number of hydrogen-bond donors (Lipinski definition) is 1. The third-order valence-electron chi connectivity index (χ3n) is 2.03. The van der Waals surface area contributed by atoms with E-state index in [1.54, 1.807) is 0 Å². The molecule has 1 aliphatic heterocycles. The molecule has 0 saturated carbocycles. The molecule has 0 radical (unpaired) electrons. The molecule has 1 saturated heterocycles. The van der Waals surface area contributed by atoms with Gasteiger partial charge in [-0.1, -0.05) is 13.8 Å². The highest BCUT2D eigenvalue weighted by Crippen LogP contribution is 2.28. The molecule has 2 atom stereocenters. The van der Waals surface area contributed by atoms with E-state index in [9.17, 15) is 0 Å². The fourth-order valence-corrected chi connectivity index (χ4v) is 2.83. The molecule has 1 nitrogen and oxygen atoms in total. The Morgan fingerprint density at radius 3 is 2.33 bits per heavy atom. The first kappa shape index (κ1) is 7.42. The van der Waals surface area contributed by atoms with E-state index in [-0.39, 0.29) is 0 Å². The van der Waals surface area contributed by atoms with Crippen molar-refractivity contribution >= 4 is 11.8 Å². The molecule has 1 heterocycles. The van der Waals surface area contributed by atoms with Crippen LogP contribution in [0.4, 0.5) is 0 Å². The van der Waals surface area contributed by atoms with Gasteiger partial charge in [-0.05, 0) is 17.6 Å². The maximum Gasteiger partial charge on any atom is 0.0169 e. The van der Waals surface area contributed by atoms with Crippen LogP contribution >= 0.6 is 11.8 Å². The van der Waals surface area contributed by atoms with Crippen LogP contribution in [0.25, 0.3) is 0 Å². The molecule has 0 aliphatic carbocycles. The standard InChI is InChI=1S/C7H15NS/c1-5(2)6-3-9-4-7(6)8/h5-7H,3-4,8H2,1-2H3. The second-order valence-corrected chi connectivity index (χ2v) is 4.18. The summed E-state index contributed by atoms with van der Waals surface area (Å²) in [5.41, 5.74) is 5.86. The van der Waals surface area contributed by atoms with Crippen molar-refractivity contribution in [2.75, 3.05) is 11.5 Å². The lowest BCUT2D eigenvalue weighted by Crippen LogP contribution is -2.31. The Bertz CT molecular complexity index is 92.9. The predicted molar refractivity (Wildman–Crippen MR) is 43.6 cm³/mol. The predicted octanol–water partition coefficient (Wildman–Crippen LogP) is 1.33. The van der Waals surface area contributed by atoms with Crippen LogP contribution in [0.5, 0.6) is 0 Å². The van der Waals surface area contributed by atoms with Gasteiger partial charge in [0.15, 0.2) is 0 Å². The zero-order chi connectivity index (χ0) is 6.85. The molecule has 9 heavy (non-hydrogen) atoms. The van der Waals surface area contributed by atoms with E-state index in [0.29, 0.717) is 6.04 Å². The van der Waals surface area contributed by atoms with E-state index in [1.165, 1.54) is 11.5 Å². The highest BCUT2D eigenvalue weighted by Gasteiger charge is 2.26. The van der Waals surface area contributed by atoms with Gasteiger partial charge in [-0.2, -0.15) is 11.8 Å². The second-order valence-electron chi connectivity index (χ2n) is 3.11. The Morgan fingerprint density at radius 2 is 2.11 bits per heavy atom. The Morgan fingerprint density at radius 1 is 1.44 bits per heavy atom. The summed E-state index contributed by atoms with van der Waals surface area (Å²) >= 11 is 1.99.